The Labute approximate surface area is 151 Å². The highest BCUT2D eigenvalue weighted by Gasteiger charge is 2.26. The molecule has 5 heteroatoms. The van der Waals surface area contributed by atoms with Crippen LogP contribution in [0, 0.1) is 5.82 Å². The normalized spacial score (nSPS) is 17.7. The summed E-state index contributed by atoms with van der Waals surface area (Å²) in [4.78, 5) is 19.2. The lowest BCUT2D eigenvalue weighted by Crippen LogP contribution is -2.47. The molecule has 4 nitrogen and oxygen atoms in total. The zero-order valence-electron chi connectivity index (χ0n) is 16.0. The van der Waals surface area contributed by atoms with Crippen molar-refractivity contribution in [3.63, 3.8) is 0 Å². The minimum atomic E-state index is -0.249. The standard InChI is InChI=1S/C20H32FN3O/c1-5-24(6-2)19-11-13-23(14-12-19)15-20(25)22(4)16(3)17-7-9-18(21)10-8-17/h7-10,16,19H,5-6,11-15H2,1-4H3/t16-/m0/s1. The molecule has 1 heterocycles. The number of carbonyl (C=O) groups is 1. The Morgan fingerprint density at radius 1 is 1.20 bits per heavy atom. The van der Waals surface area contributed by atoms with E-state index in [2.05, 4.69) is 23.6 Å². The molecule has 0 N–H and O–H groups in total. The molecule has 25 heavy (non-hydrogen) atoms. The van der Waals surface area contributed by atoms with E-state index in [0.29, 0.717) is 12.6 Å². The van der Waals surface area contributed by atoms with Crippen molar-refractivity contribution in [2.24, 2.45) is 0 Å². The second-order valence-electron chi connectivity index (χ2n) is 6.96. The Morgan fingerprint density at radius 2 is 1.76 bits per heavy atom. The van der Waals surface area contributed by atoms with Gasteiger partial charge in [-0.25, -0.2) is 4.39 Å². The van der Waals surface area contributed by atoms with E-state index in [1.54, 1.807) is 17.0 Å². The average molecular weight is 349 g/mol. The first-order valence-electron chi connectivity index (χ1n) is 9.43. The summed E-state index contributed by atoms with van der Waals surface area (Å²) in [5.41, 5.74) is 0.956. The third-order valence-electron chi connectivity index (χ3n) is 5.57. The van der Waals surface area contributed by atoms with Gasteiger partial charge in [0.1, 0.15) is 5.82 Å². The molecule has 1 amide bonds. The van der Waals surface area contributed by atoms with Crippen LogP contribution >= 0.6 is 0 Å². The van der Waals surface area contributed by atoms with Crippen LogP contribution in [0.15, 0.2) is 24.3 Å². The quantitative estimate of drug-likeness (QED) is 0.757. The van der Waals surface area contributed by atoms with Gasteiger partial charge < -0.3 is 9.80 Å². The fourth-order valence-corrected chi connectivity index (χ4v) is 3.67. The van der Waals surface area contributed by atoms with Crippen LogP contribution in [0.5, 0.6) is 0 Å². The number of amides is 1. The summed E-state index contributed by atoms with van der Waals surface area (Å²) < 4.78 is 13.1. The van der Waals surface area contributed by atoms with Crippen molar-refractivity contribution in [3.05, 3.63) is 35.6 Å². The van der Waals surface area contributed by atoms with E-state index in [-0.39, 0.29) is 17.8 Å². The van der Waals surface area contributed by atoms with Crippen LogP contribution in [0.3, 0.4) is 0 Å². The summed E-state index contributed by atoms with van der Waals surface area (Å²) in [7, 11) is 1.83. The Bertz CT molecular complexity index is 536. The van der Waals surface area contributed by atoms with Crippen molar-refractivity contribution >= 4 is 5.91 Å². The molecule has 140 valence electrons. The van der Waals surface area contributed by atoms with Gasteiger partial charge in [0.25, 0.3) is 0 Å². The zero-order valence-corrected chi connectivity index (χ0v) is 16.0. The molecule has 1 aliphatic heterocycles. The maximum Gasteiger partial charge on any atom is 0.236 e. The van der Waals surface area contributed by atoms with E-state index in [0.717, 1.165) is 44.6 Å². The van der Waals surface area contributed by atoms with Gasteiger partial charge in [0.2, 0.25) is 5.91 Å². The lowest BCUT2D eigenvalue weighted by Gasteiger charge is -2.38. The van der Waals surface area contributed by atoms with Crippen molar-refractivity contribution in [2.45, 2.75) is 45.7 Å². The van der Waals surface area contributed by atoms with Crippen LogP contribution in [0.4, 0.5) is 4.39 Å². The summed E-state index contributed by atoms with van der Waals surface area (Å²) in [6.07, 6.45) is 2.26. The van der Waals surface area contributed by atoms with Crippen LogP contribution in [-0.4, -0.2) is 66.4 Å². The molecule has 0 saturated carbocycles. The maximum absolute atomic E-state index is 13.1. The van der Waals surface area contributed by atoms with Crippen LogP contribution < -0.4 is 0 Å². The number of carbonyl (C=O) groups excluding carboxylic acids is 1. The van der Waals surface area contributed by atoms with Crippen molar-refractivity contribution < 1.29 is 9.18 Å². The van der Waals surface area contributed by atoms with Crippen molar-refractivity contribution in [2.75, 3.05) is 39.8 Å². The number of hydrogen-bond donors (Lipinski definition) is 0. The van der Waals surface area contributed by atoms with E-state index in [1.165, 1.54) is 12.1 Å². The first-order chi connectivity index (χ1) is 12.0. The molecule has 0 aromatic heterocycles. The summed E-state index contributed by atoms with van der Waals surface area (Å²) >= 11 is 0. The Balaban J connectivity index is 1.84. The van der Waals surface area contributed by atoms with Crippen molar-refractivity contribution in [1.82, 2.24) is 14.7 Å². The molecule has 0 radical (unpaired) electrons. The summed E-state index contributed by atoms with van der Waals surface area (Å²) in [5.74, 6) is -0.126. The van der Waals surface area contributed by atoms with Gasteiger partial charge in [-0.15, -0.1) is 0 Å². The molecule has 0 aliphatic carbocycles. The average Bonchev–Trinajstić information content (AvgIpc) is 2.63. The second-order valence-corrected chi connectivity index (χ2v) is 6.96. The molecule has 1 aromatic rings. The van der Waals surface area contributed by atoms with Gasteiger partial charge in [-0.3, -0.25) is 9.69 Å². The number of piperidine rings is 1. The van der Waals surface area contributed by atoms with Gasteiger partial charge in [0.05, 0.1) is 12.6 Å². The summed E-state index contributed by atoms with van der Waals surface area (Å²) in [6, 6.07) is 6.99. The van der Waals surface area contributed by atoms with Crippen molar-refractivity contribution in [3.8, 4) is 0 Å². The van der Waals surface area contributed by atoms with E-state index >= 15 is 0 Å². The fraction of sp³-hybridized carbons (Fsp3) is 0.650. The molecule has 1 fully saturated rings. The van der Waals surface area contributed by atoms with Gasteiger partial charge >= 0.3 is 0 Å². The molecule has 1 aliphatic rings. The zero-order chi connectivity index (χ0) is 18.4. The minimum Gasteiger partial charge on any atom is -0.338 e. The highest BCUT2D eigenvalue weighted by Crippen LogP contribution is 2.20. The number of halogens is 1. The van der Waals surface area contributed by atoms with Crippen LogP contribution in [0.25, 0.3) is 0 Å². The third kappa shape index (κ3) is 5.25. The number of likely N-dealkylation sites (N-methyl/N-ethyl adjacent to an activating group) is 1. The van der Waals surface area contributed by atoms with E-state index in [1.807, 2.05) is 14.0 Å². The topological polar surface area (TPSA) is 26.8 Å². The van der Waals surface area contributed by atoms with Gasteiger partial charge in [0, 0.05) is 26.2 Å². The van der Waals surface area contributed by atoms with E-state index < -0.39 is 0 Å². The number of rotatable bonds is 7. The highest BCUT2D eigenvalue weighted by molar-refractivity contribution is 5.78. The van der Waals surface area contributed by atoms with Crippen LogP contribution in [-0.2, 0) is 4.79 Å². The molecule has 0 spiro atoms. The molecule has 1 saturated heterocycles. The van der Waals surface area contributed by atoms with Gasteiger partial charge in [-0.05, 0) is 50.6 Å². The molecule has 1 aromatic carbocycles. The van der Waals surface area contributed by atoms with Crippen LogP contribution in [0.1, 0.15) is 45.2 Å². The number of likely N-dealkylation sites (tertiary alicyclic amines) is 1. The Morgan fingerprint density at radius 3 is 2.28 bits per heavy atom. The lowest BCUT2D eigenvalue weighted by molar-refractivity contribution is -0.133. The summed E-state index contributed by atoms with van der Waals surface area (Å²) in [5, 5.41) is 0. The number of hydrogen-bond acceptors (Lipinski definition) is 3. The maximum atomic E-state index is 13.1. The highest BCUT2D eigenvalue weighted by atomic mass is 19.1. The van der Waals surface area contributed by atoms with E-state index in [9.17, 15) is 9.18 Å². The molecular formula is C20H32FN3O. The third-order valence-corrected chi connectivity index (χ3v) is 5.57. The minimum absolute atomic E-state index is 0.0543. The summed E-state index contributed by atoms with van der Waals surface area (Å²) in [6.45, 7) is 11.0. The molecule has 0 bridgehead atoms. The van der Waals surface area contributed by atoms with E-state index in [4.69, 9.17) is 0 Å². The predicted molar refractivity (Wildman–Crippen MR) is 100.0 cm³/mol. The first kappa shape index (κ1) is 19.9. The molecule has 0 unspecified atom stereocenters. The monoisotopic (exact) mass is 349 g/mol. The second kappa shape index (κ2) is 9.30. The molecule has 2 rings (SSSR count). The smallest absolute Gasteiger partial charge is 0.236 e. The fourth-order valence-electron chi connectivity index (χ4n) is 3.67. The largest absolute Gasteiger partial charge is 0.338 e. The Kier molecular flexibility index (Phi) is 7.38. The predicted octanol–water partition coefficient (Wildman–Crippen LogP) is 3.15. The lowest BCUT2D eigenvalue weighted by atomic mass is 10.0. The van der Waals surface area contributed by atoms with Crippen LogP contribution in [0.2, 0.25) is 0 Å². The Hall–Kier alpha value is -1.46. The number of benzene rings is 1. The van der Waals surface area contributed by atoms with Gasteiger partial charge in [0.15, 0.2) is 0 Å². The van der Waals surface area contributed by atoms with Gasteiger partial charge in [-0.2, -0.15) is 0 Å². The molecular weight excluding hydrogens is 317 g/mol. The van der Waals surface area contributed by atoms with Crippen molar-refractivity contribution in [1.29, 1.82) is 0 Å². The first-order valence-corrected chi connectivity index (χ1v) is 9.43. The SMILES string of the molecule is CCN(CC)C1CCN(CC(=O)N(C)[C@@H](C)c2ccc(F)cc2)CC1. The molecule has 1 atom stereocenters. The number of nitrogens with zero attached hydrogens (tertiary/aromatic N) is 3. The van der Waals surface area contributed by atoms with Gasteiger partial charge in [-0.1, -0.05) is 26.0 Å².